The van der Waals surface area contributed by atoms with Gasteiger partial charge in [-0.05, 0) is 0 Å². The number of amides is 1. The van der Waals surface area contributed by atoms with Crippen molar-refractivity contribution in [2.45, 2.75) is 18.3 Å². The lowest BCUT2D eigenvalue weighted by atomic mass is 10.2. The third kappa shape index (κ3) is 1.69. The highest BCUT2D eigenvalue weighted by atomic mass is 32.2. The average Bonchev–Trinajstić information content (AvgIpc) is 2.73. The first-order valence-electron chi connectivity index (χ1n) is 5.37. The van der Waals surface area contributed by atoms with Gasteiger partial charge in [0.1, 0.15) is 11.9 Å². The molecule has 1 atom stereocenters. The van der Waals surface area contributed by atoms with Gasteiger partial charge < -0.3 is 5.32 Å². The molecular weight excluding hydrogens is 226 g/mol. The summed E-state index contributed by atoms with van der Waals surface area (Å²) in [5.41, 5.74) is 0. The second kappa shape index (κ2) is 4.06. The van der Waals surface area contributed by atoms with Crippen molar-refractivity contribution in [2.75, 3.05) is 18.8 Å². The van der Waals surface area contributed by atoms with Crippen molar-refractivity contribution in [2.24, 2.45) is 0 Å². The summed E-state index contributed by atoms with van der Waals surface area (Å²) in [7, 11) is 0. The van der Waals surface area contributed by atoms with E-state index in [4.69, 9.17) is 0 Å². The van der Waals surface area contributed by atoms with Gasteiger partial charge in [-0.2, -0.15) is 16.9 Å². The summed E-state index contributed by atoms with van der Waals surface area (Å²) in [6.45, 7) is 2.34. The molecule has 1 saturated heterocycles. The van der Waals surface area contributed by atoms with Crippen LogP contribution in [0.5, 0.6) is 0 Å². The van der Waals surface area contributed by atoms with Crippen LogP contribution < -0.4 is 10.6 Å². The van der Waals surface area contributed by atoms with Crippen molar-refractivity contribution in [3.8, 4) is 0 Å². The Bertz CT molecular complexity index is 395. The zero-order valence-electron chi connectivity index (χ0n) is 8.77. The first kappa shape index (κ1) is 10.1. The predicted octanol–water partition coefficient (Wildman–Crippen LogP) is -0.715. The smallest absolute Gasteiger partial charge is 0.245 e. The Kier molecular flexibility index (Phi) is 2.56. The quantitative estimate of drug-likeness (QED) is 0.677. The lowest BCUT2D eigenvalue weighted by Crippen LogP contribution is -2.47. The number of aryl methyl sites for hydroxylation is 1. The molecule has 1 unspecified atom stereocenters. The number of fused-ring (bicyclic) bond motifs is 1. The van der Waals surface area contributed by atoms with Crippen LogP contribution >= 0.6 is 11.8 Å². The highest BCUT2D eigenvalue weighted by molar-refractivity contribution is 7.98. The second-order valence-electron chi connectivity index (χ2n) is 3.84. The van der Waals surface area contributed by atoms with E-state index in [1.54, 1.807) is 0 Å². The van der Waals surface area contributed by atoms with E-state index in [1.165, 1.54) is 0 Å². The standard InChI is InChI=1S/C9H13N5OS/c15-9-7(10-1-2-11-9)8-12-6-5-16-4-3-14(6)13-8/h7,10H,1-5H2,(H,11,15). The molecule has 86 valence electrons. The summed E-state index contributed by atoms with van der Waals surface area (Å²) in [6, 6.07) is -0.378. The maximum atomic E-state index is 11.6. The van der Waals surface area contributed by atoms with Crippen LogP contribution in [-0.2, 0) is 17.1 Å². The Labute approximate surface area is 97.2 Å². The Morgan fingerprint density at radius 3 is 3.19 bits per heavy atom. The normalized spacial score (nSPS) is 25.0. The van der Waals surface area contributed by atoms with Crippen LogP contribution in [0.1, 0.15) is 17.7 Å². The molecule has 0 aromatic carbocycles. The molecule has 1 amide bonds. The topological polar surface area (TPSA) is 71.8 Å². The zero-order valence-corrected chi connectivity index (χ0v) is 9.59. The number of nitrogens with one attached hydrogen (secondary N) is 2. The first-order chi connectivity index (χ1) is 7.84. The number of carbonyl (C=O) groups excluding carboxylic acids is 1. The lowest BCUT2D eigenvalue weighted by molar-refractivity contribution is -0.124. The van der Waals surface area contributed by atoms with Gasteiger partial charge in [-0.1, -0.05) is 0 Å². The maximum Gasteiger partial charge on any atom is 0.245 e. The van der Waals surface area contributed by atoms with Crippen molar-refractivity contribution in [1.82, 2.24) is 25.4 Å². The van der Waals surface area contributed by atoms with E-state index in [2.05, 4.69) is 20.7 Å². The summed E-state index contributed by atoms with van der Waals surface area (Å²) in [6.07, 6.45) is 0. The number of piperazine rings is 1. The number of nitrogens with zero attached hydrogens (tertiary/aromatic N) is 3. The van der Waals surface area contributed by atoms with Gasteiger partial charge in [0.25, 0.3) is 0 Å². The molecule has 6 nitrogen and oxygen atoms in total. The second-order valence-corrected chi connectivity index (χ2v) is 4.95. The van der Waals surface area contributed by atoms with E-state index in [-0.39, 0.29) is 11.9 Å². The van der Waals surface area contributed by atoms with Gasteiger partial charge in [0.2, 0.25) is 5.91 Å². The van der Waals surface area contributed by atoms with Gasteiger partial charge in [-0.15, -0.1) is 0 Å². The van der Waals surface area contributed by atoms with E-state index >= 15 is 0 Å². The lowest BCUT2D eigenvalue weighted by Gasteiger charge is -2.20. The summed E-state index contributed by atoms with van der Waals surface area (Å²) < 4.78 is 1.91. The molecule has 3 rings (SSSR count). The van der Waals surface area contributed by atoms with Crippen LogP contribution in [0.25, 0.3) is 0 Å². The Hall–Kier alpha value is -1.08. The molecule has 1 fully saturated rings. The largest absolute Gasteiger partial charge is 0.353 e. The summed E-state index contributed by atoms with van der Waals surface area (Å²) in [5.74, 6) is 3.52. The number of hydrogen-bond donors (Lipinski definition) is 2. The minimum Gasteiger partial charge on any atom is -0.353 e. The van der Waals surface area contributed by atoms with E-state index in [0.717, 1.165) is 30.4 Å². The van der Waals surface area contributed by atoms with Crippen molar-refractivity contribution in [1.29, 1.82) is 0 Å². The van der Waals surface area contributed by atoms with Crippen LogP contribution in [0, 0.1) is 0 Å². The highest BCUT2D eigenvalue weighted by Gasteiger charge is 2.28. The van der Waals surface area contributed by atoms with E-state index < -0.39 is 0 Å². The molecule has 0 bridgehead atoms. The Morgan fingerprint density at radius 1 is 1.44 bits per heavy atom. The molecule has 0 spiro atoms. The van der Waals surface area contributed by atoms with E-state index in [9.17, 15) is 4.79 Å². The van der Waals surface area contributed by atoms with Crippen molar-refractivity contribution in [3.63, 3.8) is 0 Å². The molecule has 0 saturated carbocycles. The molecule has 0 aliphatic carbocycles. The first-order valence-corrected chi connectivity index (χ1v) is 6.52. The fourth-order valence-electron chi connectivity index (χ4n) is 1.92. The highest BCUT2D eigenvalue weighted by Crippen LogP contribution is 2.19. The van der Waals surface area contributed by atoms with Crippen LogP contribution in [0.3, 0.4) is 0 Å². The number of rotatable bonds is 1. The summed E-state index contributed by atoms with van der Waals surface area (Å²) >= 11 is 1.85. The zero-order chi connectivity index (χ0) is 11.0. The predicted molar refractivity (Wildman–Crippen MR) is 59.9 cm³/mol. The minimum absolute atomic E-state index is 0.0261. The molecule has 0 radical (unpaired) electrons. The Morgan fingerprint density at radius 2 is 2.38 bits per heavy atom. The molecular formula is C9H13N5OS. The summed E-state index contributed by atoms with van der Waals surface area (Å²) in [5, 5.41) is 10.3. The van der Waals surface area contributed by atoms with Crippen LogP contribution in [0.2, 0.25) is 0 Å². The fraction of sp³-hybridized carbons (Fsp3) is 0.667. The third-order valence-electron chi connectivity index (χ3n) is 2.74. The van der Waals surface area contributed by atoms with Crippen LogP contribution in [0.15, 0.2) is 0 Å². The number of aromatic nitrogens is 3. The molecule has 1 aromatic rings. The van der Waals surface area contributed by atoms with Crippen molar-refractivity contribution in [3.05, 3.63) is 11.6 Å². The SMILES string of the molecule is O=C1NCCNC1c1nc2n(n1)CCSC2. The van der Waals surface area contributed by atoms with Gasteiger partial charge >= 0.3 is 0 Å². The molecule has 2 aliphatic heterocycles. The molecule has 2 aliphatic rings. The monoisotopic (exact) mass is 239 g/mol. The number of carbonyl (C=O) groups is 1. The third-order valence-corrected chi connectivity index (χ3v) is 3.67. The molecule has 2 N–H and O–H groups in total. The minimum atomic E-state index is -0.378. The van der Waals surface area contributed by atoms with Crippen molar-refractivity contribution >= 4 is 17.7 Å². The van der Waals surface area contributed by atoms with Gasteiger partial charge in [0, 0.05) is 18.8 Å². The maximum absolute atomic E-state index is 11.6. The van der Waals surface area contributed by atoms with Gasteiger partial charge in [-0.25, -0.2) is 9.67 Å². The number of hydrogen-bond acceptors (Lipinski definition) is 5. The average molecular weight is 239 g/mol. The van der Waals surface area contributed by atoms with Gasteiger partial charge in [0.15, 0.2) is 5.82 Å². The summed E-state index contributed by atoms with van der Waals surface area (Å²) in [4.78, 5) is 16.1. The molecule has 7 heteroatoms. The van der Waals surface area contributed by atoms with E-state index in [0.29, 0.717) is 12.4 Å². The van der Waals surface area contributed by atoms with E-state index in [1.807, 2.05) is 16.4 Å². The Balaban J connectivity index is 1.88. The molecule has 3 heterocycles. The van der Waals surface area contributed by atoms with Crippen LogP contribution in [0.4, 0.5) is 0 Å². The molecule has 16 heavy (non-hydrogen) atoms. The fourth-order valence-corrected chi connectivity index (χ4v) is 2.76. The number of thioether (sulfide) groups is 1. The van der Waals surface area contributed by atoms with Gasteiger partial charge in [0.05, 0.1) is 12.3 Å². The van der Waals surface area contributed by atoms with Crippen molar-refractivity contribution < 1.29 is 4.79 Å². The van der Waals surface area contributed by atoms with Crippen LogP contribution in [-0.4, -0.2) is 39.5 Å². The molecule has 1 aromatic heterocycles. The van der Waals surface area contributed by atoms with Gasteiger partial charge in [-0.3, -0.25) is 10.1 Å².